The van der Waals surface area contributed by atoms with Gasteiger partial charge in [0.15, 0.2) is 6.10 Å². The van der Waals surface area contributed by atoms with E-state index < -0.39 is 6.10 Å². The lowest BCUT2D eigenvalue weighted by atomic mass is 9.64. The van der Waals surface area contributed by atoms with Gasteiger partial charge in [-0.15, -0.1) is 0 Å². The molecule has 4 heteroatoms. The monoisotopic (exact) mass is 232 g/mol. The molecule has 1 amide bonds. The minimum Gasteiger partial charge on any atom is -0.478 e. The molecule has 1 aromatic rings. The van der Waals surface area contributed by atoms with Crippen molar-refractivity contribution in [2.75, 3.05) is 11.9 Å². The quantitative estimate of drug-likeness (QED) is 0.812. The van der Waals surface area contributed by atoms with Crippen molar-refractivity contribution in [3.63, 3.8) is 0 Å². The van der Waals surface area contributed by atoms with E-state index >= 15 is 0 Å². The van der Waals surface area contributed by atoms with E-state index in [2.05, 4.69) is 5.32 Å². The third-order valence-corrected chi connectivity index (χ3v) is 3.94. The second-order valence-electron chi connectivity index (χ2n) is 4.90. The van der Waals surface area contributed by atoms with Crippen molar-refractivity contribution in [2.24, 2.45) is 11.1 Å². The summed E-state index contributed by atoms with van der Waals surface area (Å²) >= 11 is 0. The fourth-order valence-corrected chi connectivity index (χ4v) is 2.66. The highest BCUT2D eigenvalue weighted by Crippen LogP contribution is 2.46. The largest absolute Gasteiger partial charge is 0.478 e. The molecule has 17 heavy (non-hydrogen) atoms. The Morgan fingerprint density at radius 3 is 2.82 bits per heavy atom. The third-order valence-electron chi connectivity index (χ3n) is 3.94. The number of nitrogens with one attached hydrogen (secondary N) is 1. The minimum absolute atomic E-state index is 0.0612. The van der Waals surface area contributed by atoms with Gasteiger partial charge in [0.1, 0.15) is 5.75 Å². The maximum absolute atomic E-state index is 12.1. The number of nitrogens with two attached hydrogens (primary N) is 1. The van der Waals surface area contributed by atoms with Gasteiger partial charge in [-0.1, -0.05) is 18.6 Å². The number of benzene rings is 1. The van der Waals surface area contributed by atoms with Crippen LogP contribution in [-0.4, -0.2) is 18.6 Å². The van der Waals surface area contributed by atoms with Gasteiger partial charge in [0.2, 0.25) is 0 Å². The first kappa shape index (κ1) is 10.6. The number of amides is 1. The lowest BCUT2D eigenvalue weighted by molar-refractivity contribution is -0.133. The van der Waals surface area contributed by atoms with Crippen LogP contribution in [0.2, 0.25) is 0 Å². The van der Waals surface area contributed by atoms with Gasteiger partial charge >= 0.3 is 0 Å². The van der Waals surface area contributed by atoms with Crippen molar-refractivity contribution in [1.82, 2.24) is 0 Å². The molecule has 90 valence electrons. The van der Waals surface area contributed by atoms with E-state index in [4.69, 9.17) is 10.5 Å². The Morgan fingerprint density at radius 2 is 2.18 bits per heavy atom. The summed E-state index contributed by atoms with van der Waals surface area (Å²) in [4.78, 5) is 12.1. The fourth-order valence-electron chi connectivity index (χ4n) is 2.66. The van der Waals surface area contributed by atoms with E-state index in [1.807, 2.05) is 24.3 Å². The second-order valence-corrected chi connectivity index (χ2v) is 4.90. The Hall–Kier alpha value is -1.55. The van der Waals surface area contributed by atoms with Crippen LogP contribution in [0, 0.1) is 5.41 Å². The Kier molecular flexibility index (Phi) is 2.33. The lowest BCUT2D eigenvalue weighted by Crippen LogP contribution is -2.56. The van der Waals surface area contributed by atoms with Gasteiger partial charge in [-0.05, 0) is 25.0 Å². The zero-order chi connectivity index (χ0) is 11.9. The molecule has 1 unspecified atom stereocenters. The first-order chi connectivity index (χ1) is 8.25. The number of fused-ring (bicyclic) bond motifs is 1. The van der Waals surface area contributed by atoms with Gasteiger partial charge in [0.05, 0.1) is 5.69 Å². The zero-order valence-electron chi connectivity index (χ0n) is 9.61. The van der Waals surface area contributed by atoms with Crippen LogP contribution in [-0.2, 0) is 4.79 Å². The van der Waals surface area contributed by atoms with Crippen LogP contribution in [0.15, 0.2) is 24.3 Å². The average molecular weight is 232 g/mol. The summed E-state index contributed by atoms with van der Waals surface area (Å²) in [5.41, 5.74) is 6.42. The van der Waals surface area contributed by atoms with E-state index in [1.54, 1.807) is 0 Å². The molecule has 0 radical (unpaired) electrons. The molecule has 0 aromatic heterocycles. The molecule has 1 heterocycles. The highest BCUT2D eigenvalue weighted by molar-refractivity contribution is 5.98. The number of ether oxygens (including phenoxy) is 1. The molecule has 3 rings (SSSR count). The molecule has 1 aliphatic carbocycles. The van der Waals surface area contributed by atoms with E-state index in [0.29, 0.717) is 6.54 Å². The number of anilines is 1. The van der Waals surface area contributed by atoms with Gasteiger partial charge in [-0.25, -0.2) is 0 Å². The molecule has 1 aromatic carbocycles. The molecule has 1 fully saturated rings. The van der Waals surface area contributed by atoms with E-state index in [9.17, 15) is 4.79 Å². The Balaban J connectivity index is 1.92. The first-order valence-corrected chi connectivity index (χ1v) is 6.02. The van der Waals surface area contributed by atoms with Gasteiger partial charge in [-0.3, -0.25) is 4.79 Å². The standard InChI is InChI=1S/C13H16N2O2/c14-8-13(6-3-7-13)11-12(16)15-9-4-1-2-5-10(9)17-11/h1-2,4-5,11H,3,6-8,14H2,(H,15,16). The molecule has 1 saturated carbocycles. The lowest BCUT2D eigenvalue weighted by Gasteiger charge is -2.46. The molecular formula is C13H16N2O2. The van der Waals surface area contributed by atoms with Gasteiger partial charge in [-0.2, -0.15) is 0 Å². The van der Waals surface area contributed by atoms with E-state index in [1.165, 1.54) is 0 Å². The molecule has 1 atom stereocenters. The van der Waals surface area contributed by atoms with Crippen LogP contribution in [0.1, 0.15) is 19.3 Å². The highest BCUT2D eigenvalue weighted by atomic mass is 16.5. The molecule has 2 aliphatic rings. The number of para-hydroxylation sites is 2. The van der Waals surface area contributed by atoms with Crippen LogP contribution in [0.5, 0.6) is 5.75 Å². The van der Waals surface area contributed by atoms with E-state index in [0.717, 1.165) is 30.7 Å². The Bertz CT molecular complexity index is 449. The smallest absolute Gasteiger partial charge is 0.266 e. The maximum atomic E-state index is 12.1. The van der Waals surface area contributed by atoms with Crippen LogP contribution < -0.4 is 15.8 Å². The normalized spacial score (nSPS) is 25.2. The van der Waals surface area contributed by atoms with Crippen molar-refractivity contribution in [3.05, 3.63) is 24.3 Å². The van der Waals surface area contributed by atoms with Crippen LogP contribution in [0.3, 0.4) is 0 Å². The van der Waals surface area contributed by atoms with Crippen molar-refractivity contribution in [2.45, 2.75) is 25.4 Å². The summed E-state index contributed by atoms with van der Waals surface area (Å²) in [7, 11) is 0. The molecule has 0 spiro atoms. The molecule has 0 bridgehead atoms. The molecule has 0 saturated heterocycles. The number of rotatable bonds is 2. The van der Waals surface area contributed by atoms with Crippen LogP contribution >= 0.6 is 0 Å². The van der Waals surface area contributed by atoms with Crippen molar-refractivity contribution in [3.8, 4) is 5.75 Å². The molecule has 3 N–H and O–H groups in total. The summed E-state index contributed by atoms with van der Waals surface area (Å²) in [5.74, 6) is 0.686. The van der Waals surface area contributed by atoms with Gasteiger partial charge < -0.3 is 15.8 Å². The van der Waals surface area contributed by atoms with Gasteiger partial charge in [0.25, 0.3) is 5.91 Å². The number of hydrogen-bond donors (Lipinski definition) is 2. The zero-order valence-corrected chi connectivity index (χ0v) is 9.61. The fraction of sp³-hybridized carbons (Fsp3) is 0.462. The summed E-state index contributed by atoms with van der Waals surface area (Å²) in [6, 6.07) is 7.51. The Morgan fingerprint density at radius 1 is 1.41 bits per heavy atom. The summed E-state index contributed by atoms with van der Waals surface area (Å²) in [5, 5.41) is 2.90. The topological polar surface area (TPSA) is 64.3 Å². The summed E-state index contributed by atoms with van der Waals surface area (Å²) in [6.07, 6.45) is 2.65. The van der Waals surface area contributed by atoms with Gasteiger partial charge in [0, 0.05) is 12.0 Å². The third kappa shape index (κ3) is 1.52. The summed E-state index contributed by atoms with van der Waals surface area (Å²) in [6.45, 7) is 0.507. The molecule has 1 aliphatic heterocycles. The van der Waals surface area contributed by atoms with E-state index in [-0.39, 0.29) is 11.3 Å². The number of hydrogen-bond acceptors (Lipinski definition) is 3. The van der Waals surface area contributed by atoms with Crippen molar-refractivity contribution < 1.29 is 9.53 Å². The molecular weight excluding hydrogens is 216 g/mol. The predicted molar refractivity (Wildman–Crippen MR) is 64.8 cm³/mol. The van der Waals surface area contributed by atoms with Crippen LogP contribution in [0.25, 0.3) is 0 Å². The SMILES string of the molecule is NCC1(C2Oc3ccccc3NC2=O)CCC1. The van der Waals surface area contributed by atoms with Crippen molar-refractivity contribution in [1.29, 1.82) is 0 Å². The second kappa shape index (κ2) is 3.74. The predicted octanol–water partition coefficient (Wildman–Crippen LogP) is 1.52. The Labute approximate surface area is 100 Å². The minimum atomic E-state index is -0.434. The average Bonchev–Trinajstić information content (AvgIpc) is 2.29. The summed E-state index contributed by atoms with van der Waals surface area (Å²) < 4.78 is 5.85. The molecule has 4 nitrogen and oxygen atoms in total. The highest BCUT2D eigenvalue weighted by Gasteiger charge is 2.49. The number of carbonyl (C=O) groups is 1. The van der Waals surface area contributed by atoms with Crippen molar-refractivity contribution >= 4 is 11.6 Å². The maximum Gasteiger partial charge on any atom is 0.266 e. The number of carbonyl (C=O) groups excluding carboxylic acids is 1. The first-order valence-electron chi connectivity index (χ1n) is 6.02. The van der Waals surface area contributed by atoms with Crippen LogP contribution in [0.4, 0.5) is 5.69 Å².